The topological polar surface area (TPSA) is 154 Å². The van der Waals surface area contributed by atoms with Crippen LogP contribution in [0.4, 0.5) is 0 Å². The fraction of sp³-hybridized carbons (Fsp3) is 0.667. The van der Waals surface area contributed by atoms with Gasteiger partial charge in [-0.25, -0.2) is 0 Å². The molecule has 0 bridgehead atoms. The highest BCUT2D eigenvalue weighted by Gasteiger charge is 2.22. The monoisotopic (exact) mass is 390 g/mol. The number of carbonyl (C=O) groups is 5. The van der Waals surface area contributed by atoms with Crippen LogP contribution in [0.1, 0.15) is 20.3 Å². The summed E-state index contributed by atoms with van der Waals surface area (Å²) in [5.41, 5.74) is 0. The van der Waals surface area contributed by atoms with E-state index < -0.39 is 42.8 Å². The molecular formula is C15H26N4O6S. The van der Waals surface area contributed by atoms with E-state index in [9.17, 15) is 24.0 Å². The van der Waals surface area contributed by atoms with Crippen LogP contribution in [0.2, 0.25) is 0 Å². The summed E-state index contributed by atoms with van der Waals surface area (Å²) < 4.78 is 0. The van der Waals surface area contributed by atoms with Crippen LogP contribution in [0.3, 0.4) is 0 Å². The first-order chi connectivity index (χ1) is 12.2. The second-order valence-corrected chi connectivity index (χ2v) is 6.65. The van der Waals surface area contributed by atoms with E-state index in [1.54, 1.807) is 13.8 Å². The van der Waals surface area contributed by atoms with Gasteiger partial charge in [0, 0.05) is 5.92 Å². The first kappa shape index (κ1) is 23.7. The van der Waals surface area contributed by atoms with Crippen molar-refractivity contribution in [2.45, 2.75) is 26.3 Å². The van der Waals surface area contributed by atoms with Crippen LogP contribution in [0.15, 0.2) is 0 Å². The van der Waals surface area contributed by atoms with E-state index in [0.29, 0.717) is 12.2 Å². The van der Waals surface area contributed by atoms with Gasteiger partial charge in [0.15, 0.2) is 0 Å². The lowest BCUT2D eigenvalue weighted by Gasteiger charge is -2.19. The molecule has 0 spiro atoms. The zero-order valence-electron chi connectivity index (χ0n) is 15.1. The van der Waals surface area contributed by atoms with Crippen molar-refractivity contribution in [3.05, 3.63) is 0 Å². The Labute approximate surface area is 156 Å². The van der Waals surface area contributed by atoms with Gasteiger partial charge in [-0.05, 0) is 18.4 Å². The predicted octanol–water partition coefficient (Wildman–Crippen LogP) is -1.69. The molecule has 0 aliphatic heterocycles. The van der Waals surface area contributed by atoms with Gasteiger partial charge in [-0.2, -0.15) is 11.8 Å². The number of hydrogen-bond acceptors (Lipinski definition) is 6. The van der Waals surface area contributed by atoms with Gasteiger partial charge in [-0.3, -0.25) is 24.0 Å². The number of rotatable bonds is 12. The predicted molar refractivity (Wildman–Crippen MR) is 96.4 cm³/mol. The first-order valence-electron chi connectivity index (χ1n) is 7.99. The summed E-state index contributed by atoms with van der Waals surface area (Å²) >= 11 is 1.53. The molecule has 0 rings (SSSR count). The number of hydrogen-bond donors (Lipinski definition) is 5. The Hall–Kier alpha value is -2.30. The van der Waals surface area contributed by atoms with Crippen LogP contribution < -0.4 is 21.3 Å². The van der Waals surface area contributed by atoms with Crippen molar-refractivity contribution in [1.82, 2.24) is 21.3 Å². The summed E-state index contributed by atoms with van der Waals surface area (Å²) in [6.07, 6.45) is 2.30. The van der Waals surface area contributed by atoms with Crippen LogP contribution in [0.5, 0.6) is 0 Å². The molecule has 0 radical (unpaired) electrons. The SMILES string of the molecule is CSCCC(NC(=O)C(C)C)C(=O)NCC(=O)NCC(=O)NCC(=O)O. The Morgan fingerprint density at radius 2 is 1.42 bits per heavy atom. The summed E-state index contributed by atoms with van der Waals surface area (Å²) in [6.45, 7) is 2.11. The lowest BCUT2D eigenvalue weighted by molar-refractivity contribution is -0.137. The van der Waals surface area contributed by atoms with Crippen molar-refractivity contribution in [1.29, 1.82) is 0 Å². The number of carbonyl (C=O) groups excluding carboxylic acids is 4. The van der Waals surface area contributed by atoms with E-state index in [1.807, 2.05) is 6.26 Å². The highest BCUT2D eigenvalue weighted by atomic mass is 32.2. The van der Waals surface area contributed by atoms with Crippen molar-refractivity contribution in [3.63, 3.8) is 0 Å². The maximum Gasteiger partial charge on any atom is 0.322 e. The average molecular weight is 390 g/mol. The van der Waals surface area contributed by atoms with Crippen molar-refractivity contribution < 1.29 is 29.1 Å². The van der Waals surface area contributed by atoms with Gasteiger partial charge in [-0.15, -0.1) is 0 Å². The quantitative estimate of drug-likeness (QED) is 0.266. The van der Waals surface area contributed by atoms with Crippen molar-refractivity contribution in [2.24, 2.45) is 5.92 Å². The molecule has 0 aromatic rings. The maximum atomic E-state index is 12.2. The average Bonchev–Trinajstić information content (AvgIpc) is 2.58. The largest absolute Gasteiger partial charge is 0.480 e. The Morgan fingerprint density at radius 3 is 1.92 bits per heavy atom. The zero-order chi connectivity index (χ0) is 20.1. The van der Waals surface area contributed by atoms with Gasteiger partial charge < -0.3 is 26.4 Å². The summed E-state index contributed by atoms with van der Waals surface area (Å²) in [6, 6.07) is -0.746. The Morgan fingerprint density at radius 1 is 0.885 bits per heavy atom. The number of aliphatic carboxylic acids is 1. The van der Waals surface area contributed by atoms with E-state index in [2.05, 4.69) is 21.3 Å². The van der Waals surface area contributed by atoms with E-state index >= 15 is 0 Å². The second kappa shape index (κ2) is 13.0. The zero-order valence-corrected chi connectivity index (χ0v) is 15.9. The summed E-state index contributed by atoms with van der Waals surface area (Å²) in [4.78, 5) is 57.2. The molecule has 0 aliphatic rings. The van der Waals surface area contributed by atoms with Gasteiger partial charge >= 0.3 is 5.97 Å². The first-order valence-corrected chi connectivity index (χ1v) is 9.39. The van der Waals surface area contributed by atoms with Crippen LogP contribution in [-0.4, -0.2) is 72.4 Å². The minimum absolute atomic E-state index is 0.259. The number of thioether (sulfide) groups is 1. The molecule has 4 amide bonds. The minimum Gasteiger partial charge on any atom is -0.480 e. The Bertz CT molecular complexity index is 526. The van der Waals surface area contributed by atoms with Crippen LogP contribution in [-0.2, 0) is 24.0 Å². The van der Waals surface area contributed by atoms with Gasteiger partial charge in [0.25, 0.3) is 0 Å². The molecule has 148 valence electrons. The summed E-state index contributed by atoms with van der Waals surface area (Å²) in [5.74, 6) is -2.82. The molecule has 26 heavy (non-hydrogen) atoms. The molecule has 0 fully saturated rings. The van der Waals surface area contributed by atoms with Gasteiger partial charge in [0.1, 0.15) is 12.6 Å². The molecule has 0 heterocycles. The Balaban J connectivity index is 4.34. The number of amides is 4. The van der Waals surface area contributed by atoms with E-state index in [1.165, 1.54) is 11.8 Å². The fourth-order valence-electron chi connectivity index (χ4n) is 1.61. The standard InChI is InChI=1S/C15H26N4O6S/c1-9(2)14(24)19-10(4-5-26-3)15(25)18-7-12(21)16-6-11(20)17-8-13(22)23/h9-10H,4-8H2,1-3H3,(H,16,21)(H,17,20)(H,18,25)(H,19,24)(H,22,23). The highest BCUT2D eigenvalue weighted by molar-refractivity contribution is 7.98. The third-order valence-corrected chi connectivity index (χ3v) is 3.72. The third kappa shape index (κ3) is 11.3. The van der Waals surface area contributed by atoms with Crippen molar-refractivity contribution in [3.8, 4) is 0 Å². The molecular weight excluding hydrogens is 364 g/mol. The maximum absolute atomic E-state index is 12.2. The van der Waals surface area contributed by atoms with Gasteiger partial charge in [0.05, 0.1) is 13.1 Å². The van der Waals surface area contributed by atoms with E-state index in [-0.39, 0.29) is 18.4 Å². The smallest absolute Gasteiger partial charge is 0.322 e. The molecule has 0 aromatic carbocycles. The lowest BCUT2D eigenvalue weighted by atomic mass is 10.1. The summed E-state index contributed by atoms with van der Waals surface area (Å²) in [7, 11) is 0. The third-order valence-electron chi connectivity index (χ3n) is 3.07. The second-order valence-electron chi connectivity index (χ2n) is 5.66. The lowest BCUT2D eigenvalue weighted by Crippen LogP contribution is -2.50. The number of carboxylic acid groups (broad SMARTS) is 1. The van der Waals surface area contributed by atoms with Crippen molar-refractivity contribution >= 4 is 41.4 Å². The van der Waals surface area contributed by atoms with E-state index in [4.69, 9.17) is 5.11 Å². The van der Waals surface area contributed by atoms with Crippen LogP contribution in [0.25, 0.3) is 0 Å². The van der Waals surface area contributed by atoms with Gasteiger partial charge in [0.2, 0.25) is 23.6 Å². The molecule has 0 saturated carbocycles. The molecule has 10 nitrogen and oxygen atoms in total. The number of carboxylic acids is 1. The molecule has 1 atom stereocenters. The van der Waals surface area contributed by atoms with Crippen LogP contribution >= 0.6 is 11.8 Å². The van der Waals surface area contributed by atoms with Crippen molar-refractivity contribution in [2.75, 3.05) is 31.6 Å². The fourth-order valence-corrected chi connectivity index (χ4v) is 2.08. The van der Waals surface area contributed by atoms with Gasteiger partial charge in [-0.1, -0.05) is 13.8 Å². The molecule has 1 unspecified atom stereocenters. The minimum atomic E-state index is -1.20. The Kier molecular flexibility index (Phi) is 11.8. The molecule has 0 saturated heterocycles. The number of nitrogens with one attached hydrogen (secondary N) is 4. The molecule has 0 aliphatic carbocycles. The van der Waals surface area contributed by atoms with Crippen LogP contribution in [0, 0.1) is 5.92 Å². The van der Waals surface area contributed by atoms with E-state index in [0.717, 1.165) is 0 Å². The molecule has 0 aromatic heterocycles. The highest BCUT2D eigenvalue weighted by Crippen LogP contribution is 2.03. The normalized spacial score (nSPS) is 11.4. The molecule has 5 N–H and O–H groups in total. The summed E-state index contributed by atoms with van der Waals surface area (Å²) in [5, 5.41) is 17.8. The molecule has 11 heteroatoms.